The van der Waals surface area contributed by atoms with Crippen LogP contribution in [0.25, 0.3) is 0 Å². The Morgan fingerprint density at radius 2 is 1.79 bits per heavy atom. The van der Waals surface area contributed by atoms with Gasteiger partial charge in [0.1, 0.15) is 11.5 Å². The summed E-state index contributed by atoms with van der Waals surface area (Å²) in [6.07, 6.45) is 1.57. The molecule has 0 bridgehead atoms. The SMILES string of the molecule is COc1cc(OC)c(NC(=O)C2(c3cccc(Cl)c3)CC2)cc1Cl. The van der Waals surface area contributed by atoms with Crippen LogP contribution in [-0.2, 0) is 10.2 Å². The highest BCUT2D eigenvalue weighted by Gasteiger charge is 2.51. The summed E-state index contributed by atoms with van der Waals surface area (Å²) in [6, 6.07) is 10.7. The van der Waals surface area contributed by atoms with Crippen molar-refractivity contribution >= 4 is 34.8 Å². The third kappa shape index (κ3) is 3.04. The molecule has 0 spiro atoms. The van der Waals surface area contributed by atoms with E-state index >= 15 is 0 Å². The summed E-state index contributed by atoms with van der Waals surface area (Å²) in [5.74, 6) is 0.887. The zero-order valence-electron chi connectivity index (χ0n) is 13.4. The highest BCUT2D eigenvalue weighted by molar-refractivity contribution is 6.32. The maximum absolute atomic E-state index is 12.9. The number of methoxy groups -OCH3 is 2. The van der Waals surface area contributed by atoms with Crippen LogP contribution in [0.5, 0.6) is 11.5 Å². The molecule has 0 atom stereocenters. The Morgan fingerprint density at radius 1 is 1.08 bits per heavy atom. The van der Waals surface area contributed by atoms with Gasteiger partial charge < -0.3 is 14.8 Å². The molecular formula is C18H17Cl2NO3. The van der Waals surface area contributed by atoms with Crippen molar-refractivity contribution in [2.24, 2.45) is 0 Å². The van der Waals surface area contributed by atoms with Crippen LogP contribution in [0.15, 0.2) is 36.4 Å². The Kier molecular flexibility index (Phi) is 4.61. The summed E-state index contributed by atoms with van der Waals surface area (Å²) >= 11 is 12.2. The maximum Gasteiger partial charge on any atom is 0.235 e. The summed E-state index contributed by atoms with van der Waals surface area (Å²) in [6.45, 7) is 0. The van der Waals surface area contributed by atoms with E-state index in [1.54, 1.807) is 18.2 Å². The van der Waals surface area contributed by atoms with Crippen LogP contribution in [0, 0.1) is 0 Å². The number of anilines is 1. The first-order chi connectivity index (χ1) is 11.5. The maximum atomic E-state index is 12.9. The van der Waals surface area contributed by atoms with E-state index < -0.39 is 5.41 Å². The smallest absolute Gasteiger partial charge is 0.235 e. The molecule has 0 heterocycles. The molecule has 3 rings (SSSR count). The van der Waals surface area contributed by atoms with E-state index in [1.165, 1.54) is 14.2 Å². The molecule has 0 aromatic heterocycles. The molecule has 4 nitrogen and oxygen atoms in total. The van der Waals surface area contributed by atoms with Gasteiger partial charge in [0.2, 0.25) is 5.91 Å². The second-order valence-electron chi connectivity index (χ2n) is 5.73. The number of halogens is 2. The lowest BCUT2D eigenvalue weighted by atomic mass is 9.95. The standard InChI is InChI=1S/C18H17Cl2NO3/c1-23-15-10-16(24-2)14(9-13(15)20)21-17(22)18(6-7-18)11-4-3-5-12(19)8-11/h3-5,8-10H,6-7H2,1-2H3,(H,21,22). The molecule has 24 heavy (non-hydrogen) atoms. The van der Waals surface area contributed by atoms with Crippen LogP contribution >= 0.6 is 23.2 Å². The first-order valence-corrected chi connectivity index (χ1v) is 8.25. The van der Waals surface area contributed by atoms with Gasteiger partial charge in [-0.3, -0.25) is 4.79 Å². The number of benzene rings is 2. The van der Waals surface area contributed by atoms with Crippen LogP contribution in [-0.4, -0.2) is 20.1 Å². The van der Waals surface area contributed by atoms with Crippen molar-refractivity contribution in [3.05, 3.63) is 52.0 Å². The van der Waals surface area contributed by atoms with E-state index in [0.29, 0.717) is 27.2 Å². The fraction of sp³-hybridized carbons (Fsp3) is 0.278. The largest absolute Gasteiger partial charge is 0.495 e. The summed E-state index contributed by atoms with van der Waals surface area (Å²) in [7, 11) is 3.05. The molecule has 0 unspecified atom stereocenters. The van der Waals surface area contributed by atoms with E-state index in [0.717, 1.165) is 18.4 Å². The number of ether oxygens (including phenoxy) is 2. The Hall–Kier alpha value is -1.91. The van der Waals surface area contributed by atoms with E-state index in [4.69, 9.17) is 32.7 Å². The van der Waals surface area contributed by atoms with Gasteiger partial charge in [0.05, 0.1) is 30.3 Å². The van der Waals surface area contributed by atoms with Crippen LogP contribution in [0.1, 0.15) is 18.4 Å². The number of hydrogen-bond donors (Lipinski definition) is 1. The van der Waals surface area contributed by atoms with E-state index in [-0.39, 0.29) is 5.91 Å². The molecule has 0 radical (unpaired) electrons. The Bertz CT molecular complexity index is 788. The molecule has 1 N–H and O–H groups in total. The minimum absolute atomic E-state index is 0.0932. The predicted octanol–water partition coefficient (Wildman–Crippen LogP) is 4.68. The average Bonchev–Trinajstić information content (AvgIpc) is 3.37. The monoisotopic (exact) mass is 365 g/mol. The molecule has 0 aliphatic heterocycles. The van der Waals surface area contributed by atoms with Crippen molar-refractivity contribution < 1.29 is 14.3 Å². The minimum atomic E-state index is -0.539. The van der Waals surface area contributed by atoms with Crippen LogP contribution in [0.3, 0.4) is 0 Å². The topological polar surface area (TPSA) is 47.6 Å². The summed E-state index contributed by atoms with van der Waals surface area (Å²) in [5.41, 5.74) is 0.898. The minimum Gasteiger partial charge on any atom is -0.495 e. The third-order valence-corrected chi connectivity index (χ3v) is 4.81. The second kappa shape index (κ2) is 6.54. The van der Waals surface area contributed by atoms with Crippen molar-refractivity contribution in [3.63, 3.8) is 0 Å². The van der Waals surface area contributed by atoms with Gasteiger partial charge in [0.15, 0.2) is 0 Å². The Labute approximate surface area is 150 Å². The molecule has 1 saturated carbocycles. The molecule has 1 aliphatic carbocycles. The average molecular weight is 366 g/mol. The lowest BCUT2D eigenvalue weighted by Crippen LogP contribution is -2.28. The number of amides is 1. The highest BCUT2D eigenvalue weighted by Crippen LogP contribution is 2.50. The molecule has 1 fully saturated rings. The molecule has 0 saturated heterocycles. The number of nitrogens with one attached hydrogen (secondary N) is 1. The number of carbonyl (C=O) groups is 1. The predicted molar refractivity (Wildman–Crippen MR) is 95.5 cm³/mol. The van der Waals surface area contributed by atoms with Gasteiger partial charge in [-0.15, -0.1) is 0 Å². The van der Waals surface area contributed by atoms with Crippen molar-refractivity contribution in [2.75, 3.05) is 19.5 Å². The summed E-state index contributed by atoms with van der Waals surface area (Å²) in [5, 5.41) is 3.95. The van der Waals surface area contributed by atoms with Gasteiger partial charge in [-0.25, -0.2) is 0 Å². The number of carbonyl (C=O) groups excluding carboxylic acids is 1. The zero-order valence-corrected chi connectivity index (χ0v) is 14.9. The van der Waals surface area contributed by atoms with Gasteiger partial charge in [-0.2, -0.15) is 0 Å². The third-order valence-electron chi connectivity index (χ3n) is 4.28. The summed E-state index contributed by atoms with van der Waals surface area (Å²) < 4.78 is 10.5. The Balaban J connectivity index is 1.89. The van der Waals surface area contributed by atoms with Crippen LogP contribution in [0.4, 0.5) is 5.69 Å². The molecule has 126 valence electrons. The zero-order chi connectivity index (χ0) is 17.3. The molecule has 6 heteroatoms. The molecule has 2 aromatic carbocycles. The van der Waals surface area contributed by atoms with E-state index in [1.807, 2.05) is 18.2 Å². The van der Waals surface area contributed by atoms with Gasteiger partial charge in [-0.1, -0.05) is 35.3 Å². The lowest BCUT2D eigenvalue weighted by molar-refractivity contribution is -0.118. The van der Waals surface area contributed by atoms with Crippen molar-refractivity contribution in [1.82, 2.24) is 0 Å². The lowest BCUT2D eigenvalue weighted by Gasteiger charge is -2.18. The van der Waals surface area contributed by atoms with Crippen molar-refractivity contribution in [2.45, 2.75) is 18.3 Å². The van der Waals surface area contributed by atoms with Crippen molar-refractivity contribution in [1.29, 1.82) is 0 Å². The van der Waals surface area contributed by atoms with Crippen LogP contribution in [0.2, 0.25) is 10.0 Å². The first-order valence-electron chi connectivity index (χ1n) is 7.49. The second-order valence-corrected chi connectivity index (χ2v) is 6.58. The molecular weight excluding hydrogens is 349 g/mol. The van der Waals surface area contributed by atoms with E-state index in [9.17, 15) is 4.79 Å². The quantitative estimate of drug-likeness (QED) is 0.836. The number of rotatable bonds is 5. The van der Waals surface area contributed by atoms with Gasteiger partial charge >= 0.3 is 0 Å². The van der Waals surface area contributed by atoms with Gasteiger partial charge in [0.25, 0.3) is 0 Å². The van der Waals surface area contributed by atoms with Gasteiger partial charge in [-0.05, 0) is 36.6 Å². The molecule has 1 amide bonds. The fourth-order valence-electron chi connectivity index (χ4n) is 2.76. The first kappa shape index (κ1) is 16.9. The van der Waals surface area contributed by atoms with Crippen molar-refractivity contribution in [3.8, 4) is 11.5 Å². The van der Waals surface area contributed by atoms with Gasteiger partial charge in [0, 0.05) is 11.1 Å². The summed E-state index contributed by atoms with van der Waals surface area (Å²) in [4.78, 5) is 12.9. The Morgan fingerprint density at radius 3 is 2.38 bits per heavy atom. The molecule has 1 aliphatic rings. The normalized spacial score (nSPS) is 14.8. The fourth-order valence-corrected chi connectivity index (χ4v) is 3.19. The number of hydrogen-bond acceptors (Lipinski definition) is 3. The molecule has 2 aromatic rings. The highest BCUT2D eigenvalue weighted by atomic mass is 35.5. The van der Waals surface area contributed by atoms with Crippen LogP contribution < -0.4 is 14.8 Å². The van der Waals surface area contributed by atoms with E-state index in [2.05, 4.69) is 5.32 Å².